The average molecular weight is 561 g/mol. The Balaban J connectivity index is 1.95. The van der Waals surface area contributed by atoms with Crippen LogP contribution in [0.25, 0.3) is 0 Å². The van der Waals surface area contributed by atoms with E-state index in [0.717, 1.165) is 8.78 Å². The molecule has 0 saturated heterocycles. The van der Waals surface area contributed by atoms with Crippen LogP contribution in [0.15, 0.2) is 76.1 Å². The van der Waals surface area contributed by atoms with Gasteiger partial charge in [-0.3, -0.25) is 9.10 Å². The first-order valence-corrected chi connectivity index (χ1v) is 12.9. The molecule has 1 N–H and O–H groups in total. The van der Waals surface area contributed by atoms with Crippen LogP contribution in [-0.2, 0) is 19.6 Å². The normalized spacial score (nSPS) is 11.0. The van der Waals surface area contributed by atoms with Crippen LogP contribution < -0.4 is 14.4 Å². The molecule has 10 heteroatoms. The van der Waals surface area contributed by atoms with Crippen molar-refractivity contribution in [2.45, 2.75) is 18.7 Å². The Hall–Kier alpha value is -3.37. The number of sulfonamides is 1. The molecule has 0 aliphatic heterocycles. The molecule has 0 fully saturated rings. The van der Waals surface area contributed by atoms with Crippen molar-refractivity contribution in [1.82, 2.24) is 0 Å². The molecule has 0 bridgehead atoms. The quantitative estimate of drug-likeness (QED) is 0.378. The maximum atomic E-state index is 13.5. The molecule has 3 aromatic rings. The minimum atomic E-state index is -4.08. The Morgan fingerprint density at radius 2 is 1.66 bits per heavy atom. The number of anilines is 2. The average Bonchev–Trinajstić information content (AvgIpc) is 2.84. The fourth-order valence-corrected chi connectivity index (χ4v) is 5.03. The summed E-state index contributed by atoms with van der Waals surface area (Å²) in [4.78, 5) is 25.1. The van der Waals surface area contributed by atoms with Crippen LogP contribution in [0.3, 0.4) is 0 Å². The highest BCUT2D eigenvalue weighted by Gasteiger charge is 2.27. The standard InChI is InChI=1S/C25H25BrN2O6S/c1-4-34-20-12-10-19(11-13-20)28(35(31,32)21-14-8-18(26)9-15-21)16-24(29)27-23-7-5-6-22(17(23)2)25(30)33-3/h5-15H,4,16H2,1-3H3,(H,27,29). The molecule has 0 aliphatic carbocycles. The van der Waals surface area contributed by atoms with Gasteiger partial charge in [-0.1, -0.05) is 22.0 Å². The number of halogens is 1. The van der Waals surface area contributed by atoms with E-state index in [9.17, 15) is 18.0 Å². The molecule has 35 heavy (non-hydrogen) atoms. The Morgan fingerprint density at radius 1 is 1.00 bits per heavy atom. The van der Waals surface area contributed by atoms with Crippen molar-refractivity contribution in [2.75, 3.05) is 29.9 Å². The molecule has 0 atom stereocenters. The summed E-state index contributed by atoms with van der Waals surface area (Å²) in [6.45, 7) is 3.49. The van der Waals surface area contributed by atoms with Gasteiger partial charge in [-0.2, -0.15) is 0 Å². The molecule has 0 spiro atoms. The van der Waals surface area contributed by atoms with E-state index in [1.165, 1.54) is 19.2 Å². The Bertz CT molecular complexity index is 1310. The summed E-state index contributed by atoms with van der Waals surface area (Å²) in [7, 11) is -2.81. The second-order valence-electron chi connectivity index (χ2n) is 7.41. The van der Waals surface area contributed by atoms with E-state index >= 15 is 0 Å². The van der Waals surface area contributed by atoms with Crippen LogP contribution in [0, 0.1) is 6.92 Å². The molecule has 3 rings (SSSR count). The second-order valence-corrected chi connectivity index (χ2v) is 10.2. The third kappa shape index (κ3) is 6.20. The lowest BCUT2D eigenvalue weighted by Crippen LogP contribution is -2.38. The van der Waals surface area contributed by atoms with Gasteiger partial charge in [0.15, 0.2) is 0 Å². The van der Waals surface area contributed by atoms with Crippen molar-refractivity contribution >= 4 is 49.2 Å². The van der Waals surface area contributed by atoms with Gasteiger partial charge in [0.2, 0.25) is 5.91 Å². The van der Waals surface area contributed by atoms with E-state index < -0.39 is 28.4 Å². The van der Waals surface area contributed by atoms with Gasteiger partial charge in [0.1, 0.15) is 12.3 Å². The monoisotopic (exact) mass is 560 g/mol. The lowest BCUT2D eigenvalue weighted by atomic mass is 10.1. The number of ether oxygens (including phenoxy) is 2. The Kier molecular flexibility index (Phi) is 8.52. The second kappa shape index (κ2) is 11.4. The van der Waals surface area contributed by atoms with Crippen LogP contribution in [-0.4, -0.2) is 40.6 Å². The van der Waals surface area contributed by atoms with Crippen molar-refractivity contribution in [3.63, 3.8) is 0 Å². The molecule has 0 aromatic heterocycles. The maximum absolute atomic E-state index is 13.5. The van der Waals surface area contributed by atoms with E-state index in [2.05, 4.69) is 21.2 Å². The van der Waals surface area contributed by atoms with E-state index in [-0.39, 0.29) is 4.90 Å². The zero-order valence-corrected chi connectivity index (χ0v) is 21.9. The topological polar surface area (TPSA) is 102 Å². The summed E-state index contributed by atoms with van der Waals surface area (Å²) in [5, 5.41) is 2.71. The highest BCUT2D eigenvalue weighted by Crippen LogP contribution is 2.27. The number of methoxy groups -OCH3 is 1. The number of nitrogens with zero attached hydrogens (tertiary/aromatic N) is 1. The van der Waals surface area contributed by atoms with E-state index in [0.29, 0.717) is 34.9 Å². The van der Waals surface area contributed by atoms with Crippen LogP contribution in [0.1, 0.15) is 22.8 Å². The van der Waals surface area contributed by atoms with Gasteiger partial charge < -0.3 is 14.8 Å². The first-order chi connectivity index (χ1) is 16.7. The van der Waals surface area contributed by atoms with E-state index in [1.54, 1.807) is 61.5 Å². The van der Waals surface area contributed by atoms with Gasteiger partial charge in [-0.05, 0) is 80.1 Å². The summed E-state index contributed by atoms with van der Waals surface area (Å²) in [5.74, 6) is -0.533. The number of nitrogens with one attached hydrogen (secondary N) is 1. The molecule has 8 nitrogen and oxygen atoms in total. The van der Waals surface area contributed by atoms with Crippen molar-refractivity contribution in [1.29, 1.82) is 0 Å². The SMILES string of the molecule is CCOc1ccc(N(CC(=O)Nc2cccc(C(=O)OC)c2C)S(=O)(=O)c2ccc(Br)cc2)cc1. The van der Waals surface area contributed by atoms with Crippen molar-refractivity contribution in [2.24, 2.45) is 0 Å². The van der Waals surface area contributed by atoms with Crippen LogP contribution >= 0.6 is 15.9 Å². The predicted molar refractivity (Wildman–Crippen MR) is 137 cm³/mol. The van der Waals surface area contributed by atoms with E-state index in [4.69, 9.17) is 9.47 Å². The van der Waals surface area contributed by atoms with Gasteiger partial charge in [0.05, 0.1) is 29.9 Å². The molecule has 0 aliphatic rings. The van der Waals surface area contributed by atoms with Gasteiger partial charge in [0.25, 0.3) is 10.0 Å². The maximum Gasteiger partial charge on any atom is 0.338 e. The van der Waals surface area contributed by atoms with Crippen molar-refractivity contribution in [3.05, 3.63) is 82.3 Å². The summed E-state index contributed by atoms with van der Waals surface area (Å²) < 4.78 is 39.0. The number of carbonyl (C=O) groups is 2. The molecule has 0 saturated carbocycles. The highest BCUT2D eigenvalue weighted by molar-refractivity contribution is 9.10. The fraction of sp³-hybridized carbons (Fsp3) is 0.200. The number of esters is 1. The van der Waals surface area contributed by atoms with Gasteiger partial charge >= 0.3 is 5.97 Å². The highest BCUT2D eigenvalue weighted by atomic mass is 79.9. The molecular formula is C25H25BrN2O6S. The smallest absolute Gasteiger partial charge is 0.338 e. The number of rotatable bonds is 9. The first kappa shape index (κ1) is 26.2. The van der Waals surface area contributed by atoms with E-state index in [1.807, 2.05) is 6.92 Å². The molecule has 0 radical (unpaired) electrons. The largest absolute Gasteiger partial charge is 0.494 e. The zero-order valence-electron chi connectivity index (χ0n) is 19.4. The van der Waals surface area contributed by atoms with Gasteiger partial charge in [0, 0.05) is 10.2 Å². The summed E-state index contributed by atoms with van der Waals surface area (Å²) in [6.07, 6.45) is 0. The predicted octanol–water partition coefficient (Wildman–Crippen LogP) is 4.78. The van der Waals surface area contributed by atoms with Gasteiger partial charge in [-0.15, -0.1) is 0 Å². The lowest BCUT2D eigenvalue weighted by Gasteiger charge is -2.24. The summed E-state index contributed by atoms with van der Waals surface area (Å²) >= 11 is 3.30. The number of hydrogen-bond acceptors (Lipinski definition) is 6. The third-order valence-corrected chi connectivity index (χ3v) is 7.45. The molecule has 0 heterocycles. The number of carbonyl (C=O) groups excluding carboxylic acids is 2. The van der Waals surface area contributed by atoms with Crippen LogP contribution in [0.5, 0.6) is 5.75 Å². The minimum absolute atomic E-state index is 0.0336. The molecular weight excluding hydrogens is 536 g/mol. The summed E-state index contributed by atoms with van der Waals surface area (Å²) in [5.41, 5.74) is 1.49. The third-order valence-electron chi connectivity index (χ3n) is 5.14. The molecule has 0 unspecified atom stereocenters. The molecule has 184 valence electrons. The minimum Gasteiger partial charge on any atom is -0.494 e. The first-order valence-electron chi connectivity index (χ1n) is 10.7. The fourth-order valence-electron chi connectivity index (χ4n) is 3.35. The van der Waals surface area contributed by atoms with Crippen molar-refractivity contribution < 1.29 is 27.5 Å². The van der Waals surface area contributed by atoms with Gasteiger partial charge in [-0.25, -0.2) is 13.2 Å². The Morgan fingerprint density at radius 3 is 2.26 bits per heavy atom. The number of benzene rings is 3. The Labute approximate surface area is 213 Å². The lowest BCUT2D eigenvalue weighted by molar-refractivity contribution is -0.114. The van der Waals surface area contributed by atoms with Crippen LogP contribution in [0.2, 0.25) is 0 Å². The number of hydrogen-bond donors (Lipinski definition) is 1. The molecule has 3 aromatic carbocycles. The van der Waals surface area contributed by atoms with Crippen LogP contribution in [0.4, 0.5) is 11.4 Å². The summed E-state index contributed by atoms with van der Waals surface area (Å²) in [6, 6.07) is 17.4. The zero-order chi connectivity index (χ0) is 25.6. The number of amides is 1. The van der Waals surface area contributed by atoms with Crippen molar-refractivity contribution in [3.8, 4) is 5.75 Å². The molecule has 1 amide bonds.